The lowest BCUT2D eigenvalue weighted by Gasteiger charge is -2.37. The van der Waals surface area contributed by atoms with Crippen molar-refractivity contribution >= 4 is 21.8 Å². The number of rotatable bonds is 8. The Kier molecular flexibility index (Phi) is 7.66. The molecule has 1 unspecified atom stereocenters. The Bertz CT molecular complexity index is 937. The fourth-order valence-electron chi connectivity index (χ4n) is 4.14. The number of carbonyl (C=O) groups is 2. The van der Waals surface area contributed by atoms with Gasteiger partial charge in [0.1, 0.15) is 6.04 Å². The standard InChI is InChI=1S/C22H33N3O6S/c1-5-24(6-2)22(27)20(16-9-11-25(12-10-16)32(28,29)15(3)4)23-21(26)17-7-8-18-19(13-17)31-14-30-18/h7-8,13,15-16,20H,5-6,9-12,14H2,1-4H3,(H,23,26). The van der Waals surface area contributed by atoms with Crippen LogP contribution in [-0.2, 0) is 14.8 Å². The van der Waals surface area contributed by atoms with E-state index in [9.17, 15) is 18.0 Å². The lowest BCUT2D eigenvalue weighted by molar-refractivity contribution is -0.134. The molecule has 0 aromatic heterocycles. The number of fused-ring (bicyclic) bond motifs is 1. The second kappa shape index (κ2) is 10.1. The van der Waals surface area contributed by atoms with Crippen LogP contribution in [0.2, 0.25) is 0 Å². The number of benzene rings is 1. The van der Waals surface area contributed by atoms with Crippen LogP contribution in [0.5, 0.6) is 11.5 Å². The van der Waals surface area contributed by atoms with Crippen molar-refractivity contribution in [1.29, 1.82) is 0 Å². The van der Waals surface area contributed by atoms with Crippen LogP contribution in [0.1, 0.15) is 50.9 Å². The van der Waals surface area contributed by atoms with E-state index in [0.717, 1.165) is 0 Å². The highest BCUT2D eigenvalue weighted by atomic mass is 32.2. The Morgan fingerprint density at radius 1 is 1.12 bits per heavy atom. The number of carbonyl (C=O) groups excluding carboxylic acids is 2. The molecule has 0 aliphatic carbocycles. The summed E-state index contributed by atoms with van der Waals surface area (Å²) in [6.07, 6.45) is 1.01. The largest absolute Gasteiger partial charge is 0.454 e. The molecule has 32 heavy (non-hydrogen) atoms. The van der Waals surface area contributed by atoms with Crippen molar-refractivity contribution in [2.24, 2.45) is 5.92 Å². The molecule has 0 saturated carbocycles. The first kappa shape index (κ1) is 24.3. The number of likely N-dealkylation sites (N-methyl/N-ethyl adjacent to an activating group) is 1. The summed E-state index contributed by atoms with van der Waals surface area (Å²) in [5.41, 5.74) is 0.381. The van der Waals surface area contributed by atoms with Gasteiger partial charge in [-0.05, 0) is 64.7 Å². The molecule has 1 saturated heterocycles. The van der Waals surface area contributed by atoms with Crippen molar-refractivity contribution in [3.63, 3.8) is 0 Å². The average Bonchev–Trinajstić information content (AvgIpc) is 3.26. The third-order valence-corrected chi connectivity index (χ3v) is 8.46. The Morgan fingerprint density at radius 3 is 2.34 bits per heavy atom. The fraction of sp³-hybridized carbons (Fsp3) is 0.636. The summed E-state index contributed by atoms with van der Waals surface area (Å²) in [4.78, 5) is 28.0. The number of hydrogen-bond donors (Lipinski definition) is 1. The number of nitrogens with zero attached hydrogens (tertiary/aromatic N) is 2. The van der Waals surface area contributed by atoms with Crippen LogP contribution in [0.4, 0.5) is 0 Å². The van der Waals surface area contributed by atoms with Gasteiger partial charge >= 0.3 is 0 Å². The predicted octanol–water partition coefficient (Wildman–Crippen LogP) is 1.83. The average molecular weight is 468 g/mol. The summed E-state index contributed by atoms with van der Waals surface area (Å²) in [6, 6.07) is 4.19. The quantitative estimate of drug-likeness (QED) is 0.625. The third-order valence-electron chi connectivity index (χ3n) is 6.19. The zero-order valence-electron chi connectivity index (χ0n) is 19.2. The van der Waals surface area contributed by atoms with Crippen LogP contribution in [0, 0.1) is 5.92 Å². The Balaban J connectivity index is 1.77. The molecule has 2 heterocycles. The molecule has 3 rings (SSSR count). The SMILES string of the molecule is CCN(CC)C(=O)C(NC(=O)c1ccc2c(c1)OCO2)C1CCN(S(=O)(=O)C(C)C)CC1. The highest BCUT2D eigenvalue weighted by molar-refractivity contribution is 7.89. The van der Waals surface area contributed by atoms with E-state index >= 15 is 0 Å². The summed E-state index contributed by atoms with van der Waals surface area (Å²) < 4.78 is 37.2. The second-order valence-corrected chi connectivity index (χ2v) is 10.8. The monoisotopic (exact) mass is 467 g/mol. The zero-order chi connectivity index (χ0) is 23.5. The normalized spacial score (nSPS) is 17.9. The molecule has 178 valence electrons. The van der Waals surface area contributed by atoms with E-state index in [0.29, 0.717) is 56.1 Å². The molecule has 2 amide bonds. The van der Waals surface area contributed by atoms with Crippen molar-refractivity contribution in [2.45, 2.75) is 51.8 Å². The maximum absolute atomic E-state index is 13.3. The van der Waals surface area contributed by atoms with Gasteiger partial charge in [-0.3, -0.25) is 9.59 Å². The van der Waals surface area contributed by atoms with E-state index in [1.54, 1.807) is 36.9 Å². The number of amides is 2. The van der Waals surface area contributed by atoms with Gasteiger partial charge < -0.3 is 19.7 Å². The van der Waals surface area contributed by atoms with E-state index in [1.165, 1.54) is 4.31 Å². The summed E-state index contributed by atoms with van der Waals surface area (Å²) in [5, 5.41) is 2.44. The summed E-state index contributed by atoms with van der Waals surface area (Å²) in [6.45, 7) is 8.99. The zero-order valence-corrected chi connectivity index (χ0v) is 20.0. The van der Waals surface area contributed by atoms with E-state index in [4.69, 9.17) is 9.47 Å². The van der Waals surface area contributed by atoms with Gasteiger partial charge in [-0.25, -0.2) is 12.7 Å². The molecule has 1 N–H and O–H groups in total. The molecule has 0 bridgehead atoms. The number of nitrogens with one attached hydrogen (secondary N) is 1. The molecule has 9 nitrogen and oxygen atoms in total. The van der Waals surface area contributed by atoms with Crippen LogP contribution in [0.3, 0.4) is 0 Å². The Morgan fingerprint density at radius 2 is 1.75 bits per heavy atom. The number of hydrogen-bond acceptors (Lipinski definition) is 6. The minimum atomic E-state index is -3.34. The van der Waals surface area contributed by atoms with E-state index in [1.807, 2.05) is 13.8 Å². The van der Waals surface area contributed by atoms with Crippen molar-refractivity contribution in [2.75, 3.05) is 33.0 Å². The summed E-state index contributed by atoms with van der Waals surface area (Å²) in [7, 11) is -3.34. The molecular formula is C22H33N3O6S. The maximum atomic E-state index is 13.3. The van der Waals surface area contributed by atoms with Gasteiger partial charge in [0.2, 0.25) is 22.7 Å². The predicted molar refractivity (Wildman–Crippen MR) is 120 cm³/mol. The van der Waals surface area contributed by atoms with Gasteiger partial charge in [0, 0.05) is 31.7 Å². The number of ether oxygens (including phenoxy) is 2. The molecule has 2 aliphatic rings. The highest BCUT2D eigenvalue weighted by Gasteiger charge is 2.38. The van der Waals surface area contributed by atoms with Gasteiger partial charge in [0.25, 0.3) is 5.91 Å². The first-order valence-corrected chi connectivity index (χ1v) is 12.7. The molecule has 2 aliphatic heterocycles. The smallest absolute Gasteiger partial charge is 0.252 e. The topological polar surface area (TPSA) is 105 Å². The Hall–Kier alpha value is -2.33. The molecule has 1 atom stereocenters. The minimum absolute atomic E-state index is 0.112. The van der Waals surface area contributed by atoms with Crippen LogP contribution in [0.15, 0.2) is 18.2 Å². The van der Waals surface area contributed by atoms with E-state index in [2.05, 4.69) is 5.32 Å². The van der Waals surface area contributed by atoms with Crippen LogP contribution in [-0.4, -0.2) is 73.7 Å². The van der Waals surface area contributed by atoms with Gasteiger partial charge in [0.05, 0.1) is 5.25 Å². The molecule has 1 fully saturated rings. The van der Waals surface area contributed by atoms with Gasteiger partial charge in [0.15, 0.2) is 11.5 Å². The second-order valence-electron chi connectivity index (χ2n) is 8.36. The molecule has 1 aromatic rings. The van der Waals surface area contributed by atoms with Gasteiger partial charge in [-0.1, -0.05) is 0 Å². The van der Waals surface area contributed by atoms with Crippen molar-refractivity contribution in [3.8, 4) is 11.5 Å². The van der Waals surface area contributed by atoms with Crippen molar-refractivity contribution < 1.29 is 27.5 Å². The van der Waals surface area contributed by atoms with Crippen LogP contribution < -0.4 is 14.8 Å². The Labute approximate surface area is 190 Å². The van der Waals surface area contributed by atoms with Crippen molar-refractivity contribution in [1.82, 2.24) is 14.5 Å². The van der Waals surface area contributed by atoms with Gasteiger partial charge in [-0.2, -0.15) is 0 Å². The third kappa shape index (κ3) is 5.01. The fourth-order valence-corrected chi connectivity index (χ4v) is 5.45. The minimum Gasteiger partial charge on any atom is -0.454 e. The lowest BCUT2D eigenvalue weighted by Crippen LogP contribution is -2.55. The summed E-state index contributed by atoms with van der Waals surface area (Å²) >= 11 is 0. The first-order valence-electron chi connectivity index (χ1n) is 11.2. The van der Waals surface area contributed by atoms with Crippen LogP contribution >= 0.6 is 0 Å². The van der Waals surface area contributed by atoms with Gasteiger partial charge in [-0.15, -0.1) is 0 Å². The lowest BCUT2D eigenvalue weighted by atomic mass is 9.89. The molecule has 1 aromatic carbocycles. The van der Waals surface area contributed by atoms with E-state index < -0.39 is 21.3 Å². The number of piperidine rings is 1. The summed E-state index contributed by atoms with van der Waals surface area (Å²) in [5.74, 6) is 0.410. The molecule has 10 heteroatoms. The maximum Gasteiger partial charge on any atom is 0.252 e. The molecular weight excluding hydrogens is 434 g/mol. The first-order chi connectivity index (χ1) is 15.2. The molecule has 0 radical (unpaired) electrons. The highest BCUT2D eigenvalue weighted by Crippen LogP contribution is 2.32. The van der Waals surface area contributed by atoms with Crippen LogP contribution in [0.25, 0.3) is 0 Å². The molecule has 0 spiro atoms. The van der Waals surface area contributed by atoms with Crippen molar-refractivity contribution in [3.05, 3.63) is 23.8 Å². The van der Waals surface area contributed by atoms with E-state index in [-0.39, 0.29) is 24.5 Å². The number of sulfonamides is 1.